The fraction of sp³-hybridized carbons (Fsp3) is 0.667. The molecule has 2 heterocycles. The predicted octanol–water partition coefficient (Wildman–Crippen LogP) is 1.36. The van der Waals surface area contributed by atoms with Crippen LogP contribution in [-0.2, 0) is 6.42 Å². The van der Waals surface area contributed by atoms with E-state index in [1.807, 2.05) is 0 Å². The number of nitrogens with zero attached hydrogens (tertiary/aromatic N) is 3. The molecule has 2 N–H and O–H groups in total. The summed E-state index contributed by atoms with van der Waals surface area (Å²) in [4.78, 5) is 10.9. The molecular weight excluding hydrogens is 200 g/mol. The Morgan fingerprint density at radius 2 is 2.12 bits per heavy atom. The average molecular weight is 220 g/mol. The van der Waals surface area contributed by atoms with Gasteiger partial charge in [0.15, 0.2) is 0 Å². The van der Waals surface area contributed by atoms with Gasteiger partial charge in [-0.15, -0.1) is 0 Å². The van der Waals surface area contributed by atoms with Gasteiger partial charge in [-0.25, -0.2) is 9.97 Å². The maximum Gasteiger partial charge on any atom is 0.132 e. The molecule has 0 aliphatic carbocycles. The van der Waals surface area contributed by atoms with Crippen LogP contribution < -0.4 is 10.6 Å². The zero-order valence-electron chi connectivity index (χ0n) is 9.89. The van der Waals surface area contributed by atoms with Crippen molar-refractivity contribution in [3.63, 3.8) is 0 Å². The molecule has 1 fully saturated rings. The molecule has 0 bridgehead atoms. The first-order valence-electron chi connectivity index (χ1n) is 6.11. The summed E-state index contributed by atoms with van der Waals surface area (Å²) in [6.45, 7) is 4.20. The van der Waals surface area contributed by atoms with Gasteiger partial charge in [0.1, 0.15) is 12.1 Å². The van der Waals surface area contributed by atoms with Crippen molar-refractivity contribution < 1.29 is 0 Å². The van der Waals surface area contributed by atoms with E-state index in [0.29, 0.717) is 6.04 Å². The molecule has 0 saturated carbocycles. The first-order valence-corrected chi connectivity index (χ1v) is 6.11. The average Bonchev–Trinajstić information content (AvgIpc) is 2.31. The van der Waals surface area contributed by atoms with Gasteiger partial charge >= 0.3 is 0 Å². The van der Waals surface area contributed by atoms with E-state index >= 15 is 0 Å². The quantitative estimate of drug-likeness (QED) is 0.835. The first kappa shape index (κ1) is 11.3. The molecule has 0 aromatic carbocycles. The Bertz CT molecular complexity index is 332. The number of nitrogens with two attached hydrogens (primary N) is 1. The molecule has 4 nitrogen and oxygen atoms in total. The molecule has 1 aromatic rings. The van der Waals surface area contributed by atoms with Gasteiger partial charge in [-0.3, -0.25) is 0 Å². The lowest BCUT2D eigenvalue weighted by Crippen LogP contribution is -2.40. The molecule has 1 aliphatic heterocycles. The second-order valence-electron chi connectivity index (χ2n) is 4.44. The highest BCUT2D eigenvalue weighted by Crippen LogP contribution is 2.17. The number of anilines is 1. The Kier molecular flexibility index (Phi) is 3.72. The SMILES string of the molecule is CCCc1cc(N2CCC(N)CC2)ncn1. The van der Waals surface area contributed by atoms with Crippen LogP contribution in [0.4, 0.5) is 5.82 Å². The van der Waals surface area contributed by atoms with E-state index in [4.69, 9.17) is 5.73 Å². The van der Waals surface area contributed by atoms with E-state index in [9.17, 15) is 0 Å². The van der Waals surface area contributed by atoms with Gasteiger partial charge in [0.05, 0.1) is 0 Å². The Balaban J connectivity index is 2.05. The van der Waals surface area contributed by atoms with Crippen LogP contribution in [-0.4, -0.2) is 29.1 Å². The van der Waals surface area contributed by atoms with E-state index in [1.54, 1.807) is 6.33 Å². The van der Waals surface area contributed by atoms with Crippen LogP contribution >= 0.6 is 0 Å². The number of hydrogen-bond donors (Lipinski definition) is 1. The van der Waals surface area contributed by atoms with E-state index in [-0.39, 0.29) is 0 Å². The lowest BCUT2D eigenvalue weighted by atomic mass is 10.1. The summed E-state index contributed by atoms with van der Waals surface area (Å²) in [6.07, 6.45) is 5.96. The minimum atomic E-state index is 0.369. The van der Waals surface area contributed by atoms with Crippen LogP contribution in [0.15, 0.2) is 12.4 Å². The standard InChI is InChI=1S/C12H20N4/c1-2-3-11-8-12(15-9-14-11)16-6-4-10(13)5-7-16/h8-10H,2-7,13H2,1H3. The third-order valence-electron chi connectivity index (χ3n) is 3.08. The van der Waals surface area contributed by atoms with Crippen LogP contribution in [0.5, 0.6) is 0 Å². The third kappa shape index (κ3) is 2.70. The van der Waals surface area contributed by atoms with Crippen molar-refractivity contribution in [1.82, 2.24) is 9.97 Å². The Hall–Kier alpha value is -1.16. The fourth-order valence-corrected chi connectivity index (χ4v) is 2.08. The van der Waals surface area contributed by atoms with Crippen molar-refractivity contribution in [2.24, 2.45) is 5.73 Å². The molecule has 2 rings (SSSR count). The van der Waals surface area contributed by atoms with E-state index < -0.39 is 0 Å². The van der Waals surface area contributed by atoms with Gasteiger partial charge in [0.2, 0.25) is 0 Å². The maximum atomic E-state index is 5.89. The summed E-state index contributed by atoms with van der Waals surface area (Å²) >= 11 is 0. The van der Waals surface area contributed by atoms with Gasteiger partial charge in [-0.2, -0.15) is 0 Å². The summed E-state index contributed by atoms with van der Waals surface area (Å²) in [6, 6.07) is 2.48. The smallest absolute Gasteiger partial charge is 0.132 e. The number of piperidine rings is 1. The second kappa shape index (κ2) is 5.25. The molecule has 0 unspecified atom stereocenters. The van der Waals surface area contributed by atoms with Crippen molar-refractivity contribution >= 4 is 5.82 Å². The van der Waals surface area contributed by atoms with E-state index in [0.717, 1.165) is 50.3 Å². The summed E-state index contributed by atoms with van der Waals surface area (Å²) in [7, 11) is 0. The van der Waals surface area contributed by atoms with Gasteiger partial charge < -0.3 is 10.6 Å². The van der Waals surface area contributed by atoms with E-state index in [1.165, 1.54) is 0 Å². The minimum absolute atomic E-state index is 0.369. The van der Waals surface area contributed by atoms with Crippen molar-refractivity contribution in [2.75, 3.05) is 18.0 Å². The lowest BCUT2D eigenvalue weighted by Gasteiger charge is -2.31. The third-order valence-corrected chi connectivity index (χ3v) is 3.08. The second-order valence-corrected chi connectivity index (χ2v) is 4.44. The van der Waals surface area contributed by atoms with Gasteiger partial charge in [0.25, 0.3) is 0 Å². The van der Waals surface area contributed by atoms with Crippen molar-refractivity contribution in [2.45, 2.75) is 38.6 Å². The molecule has 0 atom stereocenters. The fourth-order valence-electron chi connectivity index (χ4n) is 2.08. The Labute approximate surface area is 96.9 Å². The van der Waals surface area contributed by atoms with Crippen LogP contribution in [0.3, 0.4) is 0 Å². The van der Waals surface area contributed by atoms with Crippen molar-refractivity contribution in [1.29, 1.82) is 0 Å². The zero-order valence-corrected chi connectivity index (χ0v) is 9.89. The number of aryl methyl sites for hydroxylation is 1. The van der Waals surface area contributed by atoms with Crippen LogP contribution in [0.25, 0.3) is 0 Å². The Morgan fingerprint density at radius 1 is 1.38 bits per heavy atom. The maximum absolute atomic E-state index is 5.89. The monoisotopic (exact) mass is 220 g/mol. The molecule has 16 heavy (non-hydrogen) atoms. The molecule has 1 aromatic heterocycles. The first-order chi connectivity index (χ1) is 7.79. The molecule has 0 amide bonds. The molecule has 0 radical (unpaired) electrons. The molecule has 88 valence electrons. The minimum Gasteiger partial charge on any atom is -0.356 e. The summed E-state index contributed by atoms with van der Waals surface area (Å²) in [5, 5.41) is 0. The summed E-state index contributed by atoms with van der Waals surface area (Å²) in [5.41, 5.74) is 7.03. The number of aromatic nitrogens is 2. The normalized spacial score (nSPS) is 17.8. The van der Waals surface area contributed by atoms with Gasteiger partial charge in [0, 0.05) is 30.9 Å². The predicted molar refractivity (Wildman–Crippen MR) is 65.4 cm³/mol. The van der Waals surface area contributed by atoms with Gasteiger partial charge in [-0.1, -0.05) is 13.3 Å². The summed E-state index contributed by atoms with van der Waals surface area (Å²) < 4.78 is 0. The highest BCUT2D eigenvalue weighted by molar-refractivity contribution is 5.39. The van der Waals surface area contributed by atoms with E-state index in [2.05, 4.69) is 27.9 Å². The molecular formula is C12H20N4. The highest BCUT2D eigenvalue weighted by Gasteiger charge is 2.17. The van der Waals surface area contributed by atoms with Crippen LogP contribution in [0.1, 0.15) is 31.9 Å². The largest absolute Gasteiger partial charge is 0.356 e. The lowest BCUT2D eigenvalue weighted by molar-refractivity contribution is 0.498. The molecule has 1 saturated heterocycles. The van der Waals surface area contributed by atoms with Crippen LogP contribution in [0, 0.1) is 0 Å². The highest BCUT2D eigenvalue weighted by atomic mass is 15.2. The zero-order chi connectivity index (χ0) is 11.4. The summed E-state index contributed by atoms with van der Waals surface area (Å²) in [5.74, 6) is 1.06. The van der Waals surface area contributed by atoms with Crippen molar-refractivity contribution in [3.8, 4) is 0 Å². The molecule has 4 heteroatoms. The van der Waals surface area contributed by atoms with Gasteiger partial charge in [-0.05, 0) is 19.3 Å². The number of rotatable bonds is 3. The topological polar surface area (TPSA) is 55.0 Å². The number of hydrogen-bond acceptors (Lipinski definition) is 4. The Morgan fingerprint density at radius 3 is 2.81 bits per heavy atom. The van der Waals surface area contributed by atoms with Crippen molar-refractivity contribution in [3.05, 3.63) is 18.1 Å². The molecule has 0 spiro atoms. The van der Waals surface area contributed by atoms with Crippen LogP contribution in [0.2, 0.25) is 0 Å². The molecule has 1 aliphatic rings.